The Bertz CT molecular complexity index is 1500. The molecule has 1 aliphatic heterocycles. The average Bonchev–Trinajstić information content (AvgIpc) is 3.58. The van der Waals surface area contributed by atoms with Gasteiger partial charge in [0.1, 0.15) is 34.8 Å². The van der Waals surface area contributed by atoms with Gasteiger partial charge in [-0.3, -0.25) is 14.5 Å². The van der Waals surface area contributed by atoms with E-state index in [9.17, 15) is 14.7 Å². The number of Topliss-reactive ketones (excluding diaryl/α,β-unsaturated/α-hetero) is 1. The Morgan fingerprint density at radius 3 is 2.49 bits per heavy atom. The zero-order chi connectivity index (χ0) is 26.1. The molecule has 0 saturated carbocycles. The average molecular weight is 519 g/mol. The van der Waals surface area contributed by atoms with Crippen LogP contribution < -0.4 is 14.4 Å². The summed E-state index contributed by atoms with van der Waals surface area (Å²) >= 11 is 1.26. The number of aliphatic hydroxyl groups excluding tert-OH is 1. The summed E-state index contributed by atoms with van der Waals surface area (Å²) in [6.07, 6.45) is 0.868. The van der Waals surface area contributed by atoms with Crippen LogP contribution in [0.15, 0.2) is 64.6 Å². The van der Waals surface area contributed by atoms with Crippen LogP contribution in [0.4, 0.5) is 5.13 Å². The molecule has 2 aromatic heterocycles. The van der Waals surface area contributed by atoms with Crippen molar-refractivity contribution in [3.8, 4) is 11.5 Å². The lowest BCUT2D eigenvalue weighted by Crippen LogP contribution is -2.29. The Hall–Kier alpha value is -4.11. The summed E-state index contributed by atoms with van der Waals surface area (Å²) in [5.74, 6) is 0.431. The van der Waals surface area contributed by atoms with E-state index < -0.39 is 17.7 Å². The van der Waals surface area contributed by atoms with Crippen molar-refractivity contribution >= 4 is 44.1 Å². The fourth-order valence-corrected chi connectivity index (χ4v) is 5.26. The van der Waals surface area contributed by atoms with Crippen LogP contribution in [0.25, 0.3) is 16.0 Å². The molecule has 1 fully saturated rings. The first-order valence-corrected chi connectivity index (χ1v) is 12.9. The van der Waals surface area contributed by atoms with Gasteiger partial charge in [-0.15, -0.1) is 0 Å². The van der Waals surface area contributed by atoms with Crippen molar-refractivity contribution < 1.29 is 28.6 Å². The highest BCUT2D eigenvalue weighted by Gasteiger charge is 2.49. The molecule has 4 aromatic rings. The van der Waals surface area contributed by atoms with Crippen molar-refractivity contribution in [2.24, 2.45) is 0 Å². The molecule has 5 rings (SSSR count). The number of aryl methyl sites for hydroxylation is 1. The quantitative estimate of drug-likeness (QED) is 0.173. The molecule has 1 aliphatic rings. The van der Waals surface area contributed by atoms with Crippen molar-refractivity contribution in [2.75, 3.05) is 18.1 Å². The number of hydrogen-bond donors (Lipinski definition) is 1. The number of nitrogens with zero attached hydrogens (tertiary/aromatic N) is 2. The predicted octanol–water partition coefficient (Wildman–Crippen LogP) is 6.01. The van der Waals surface area contributed by atoms with Gasteiger partial charge in [0.25, 0.3) is 5.78 Å². The maximum Gasteiger partial charge on any atom is 0.302 e. The third kappa shape index (κ3) is 4.58. The number of rotatable bonds is 8. The number of ketones is 1. The van der Waals surface area contributed by atoms with Crippen LogP contribution in [0.1, 0.15) is 43.4 Å². The third-order valence-corrected chi connectivity index (χ3v) is 6.96. The molecule has 1 N–H and O–H groups in total. The van der Waals surface area contributed by atoms with Gasteiger partial charge in [-0.25, -0.2) is 4.98 Å². The van der Waals surface area contributed by atoms with Crippen LogP contribution in [0.5, 0.6) is 11.5 Å². The number of hydrogen-bond acceptors (Lipinski definition) is 8. The third-order valence-electron chi connectivity index (χ3n) is 5.94. The minimum Gasteiger partial charge on any atom is -0.507 e. The molecule has 0 radical (unpaired) electrons. The van der Waals surface area contributed by atoms with Crippen molar-refractivity contribution in [1.82, 2.24) is 4.98 Å². The first kappa shape index (κ1) is 24.6. The highest BCUT2D eigenvalue weighted by Crippen LogP contribution is 2.45. The van der Waals surface area contributed by atoms with Crippen LogP contribution in [-0.4, -0.2) is 35.0 Å². The Kier molecular flexibility index (Phi) is 6.71. The fraction of sp³-hybridized carbons (Fsp3) is 0.250. The highest BCUT2D eigenvalue weighted by molar-refractivity contribution is 7.22. The zero-order valence-electron chi connectivity index (χ0n) is 20.7. The summed E-state index contributed by atoms with van der Waals surface area (Å²) in [5.41, 5.74) is 0.999. The molecule has 3 heterocycles. The maximum atomic E-state index is 13.4. The number of fused-ring (bicyclic) bond motifs is 1. The second-order valence-corrected chi connectivity index (χ2v) is 9.56. The lowest BCUT2D eigenvalue weighted by molar-refractivity contribution is -0.132. The molecule has 1 saturated heterocycles. The summed E-state index contributed by atoms with van der Waals surface area (Å²) in [7, 11) is 0. The summed E-state index contributed by atoms with van der Waals surface area (Å²) in [5, 5.41) is 11.6. The summed E-state index contributed by atoms with van der Waals surface area (Å²) < 4.78 is 17.9. The van der Waals surface area contributed by atoms with E-state index in [-0.39, 0.29) is 11.3 Å². The van der Waals surface area contributed by atoms with Crippen molar-refractivity contribution in [3.05, 3.63) is 77.3 Å². The smallest absolute Gasteiger partial charge is 0.302 e. The Morgan fingerprint density at radius 1 is 1.05 bits per heavy atom. The van der Waals surface area contributed by atoms with Crippen LogP contribution in [0.3, 0.4) is 0 Å². The Labute approximate surface area is 217 Å². The van der Waals surface area contributed by atoms with Crippen molar-refractivity contribution in [1.29, 1.82) is 0 Å². The predicted molar refractivity (Wildman–Crippen MR) is 141 cm³/mol. The number of thiazole rings is 1. The SMILES string of the molecule is CCCOc1ccc(/C(O)=C2\C(=O)C(=O)N(c3nc4ccc(OCC)cc4s3)C2c2ccc(C)o2)cc1. The summed E-state index contributed by atoms with van der Waals surface area (Å²) in [4.78, 5) is 32.6. The van der Waals surface area contributed by atoms with Gasteiger partial charge < -0.3 is 19.0 Å². The largest absolute Gasteiger partial charge is 0.507 e. The van der Waals surface area contributed by atoms with Crippen LogP contribution >= 0.6 is 11.3 Å². The molecule has 1 unspecified atom stereocenters. The van der Waals surface area contributed by atoms with Gasteiger partial charge in [0.2, 0.25) is 0 Å². The van der Waals surface area contributed by atoms with E-state index >= 15 is 0 Å². The molecule has 0 bridgehead atoms. The molecule has 190 valence electrons. The topological polar surface area (TPSA) is 102 Å². The summed E-state index contributed by atoms with van der Waals surface area (Å²) in [6, 6.07) is 14.7. The van der Waals surface area contributed by atoms with E-state index in [1.165, 1.54) is 16.2 Å². The molecular weight excluding hydrogens is 492 g/mol. The van der Waals surface area contributed by atoms with E-state index in [1.54, 1.807) is 43.3 Å². The van der Waals surface area contributed by atoms with E-state index in [0.717, 1.165) is 11.1 Å². The van der Waals surface area contributed by atoms with Gasteiger partial charge in [0, 0.05) is 5.56 Å². The molecule has 0 aliphatic carbocycles. The second kappa shape index (κ2) is 10.1. The van der Waals surface area contributed by atoms with Gasteiger partial charge >= 0.3 is 5.91 Å². The molecule has 1 amide bonds. The van der Waals surface area contributed by atoms with Gasteiger partial charge in [-0.1, -0.05) is 18.3 Å². The number of aromatic nitrogens is 1. The first-order valence-electron chi connectivity index (χ1n) is 12.0. The number of benzene rings is 2. The maximum absolute atomic E-state index is 13.4. The number of ether oxygens (including phenoxy) is 2. The monoisotopic (exact) mass is 518 g/mol. The molecule has 1 atom stereocenters. The normalized spacial score (nSPS) is 17.1. The van der Waals surface area contributed by atoms with Gasteiger partial charge in [0.05, 0.1) is 29.0 Å². The van der Waals surface area contributed by atoms with Gasteiger partial charge in [-0.05, 0) is 74.9 Å². The number of carbonyl (C=O) groups excluding carboxylic acids is 2. The number of furan rings is 1. The molecule has 0 spiro atoms. The van der Waals surface area contributed by atoms with Gasteiger partial charge in [0.15, 0.2) is 5.13 Å². The molecule has 37 heavy (non-hydrogen) atoms. The van der Waals surface area contributed by atoms with E-state index in [1.807, 2.05) is 32.0 Å². The number of carbonyl (C=O) groups is 2. The first-order chi connectivity index (χ1) is 17.9. The minimum absolute atomic E-state index is 0.0594. The number of anilines is 1. The van der Waals surface area contributed by atoms with E-state index in [0.29, 0.717) is 52.4 Å². The molecule has 2 aromatic carbocycles. The van der Waals surface area contributed by atoms with Crippen LogP contribution in [0, 0.1) is 6.92 Å². The highest BCUT2D eigenvalue weighted by atomic mass is 32.1. The van der Waals surface area contributed by atoms with E-state index in [2.05, 4.69) is 4.98 Å². The van der Waals surface area contributed by atoms with Crippen molar-refractivity contribution in [2.45, 2.75) is 33.2 Å². The number of amides is 1. The summed E-state index contributed by atoms with van der Waals surface area (Å²) in [6.45, 7) is 6.78. The van der Waals surface area contributed by atoms with E-state index in [4.69, 9.17) is 13.9 Å². The number of aliphatic hydroxyl groups is 1. The van der Waals surface area contributed by atoms with Crippen LogP contribution in [0.2, 0.25) is 0 Å². The Morgan fingerprint density at radius 2 is 1.81 bits per heavy atom. The van der Waals surface area contributed by atoms with Gasteiger partial charge in [-0.2, -0.15) is 0 Å². The standard InChI is InChI=1S/C28H26N2O6S/c1-4-14-35-18-9-7-17(8-10-18)25(31)23-24(21-13-6-16(3)36-21)30(27(33)26(23)32)28-29-20-12-11-19(34-5-2)15-22(20)37-28/h6-13,15,24,31H,4-5,14H2,1-3H3/b25-23+. The molecule has 8 nitrogen and oxygen atoms in total. The van der Waals surface area contributed by atoms with Crippen LogP contribution in [-0.2, 0) is 9.59 Å². The lowest BCUT2D eigenvalue weighted by atomic mass is 9.99. The molecule has 9 heteroatoms. The lowest BCUT2D eigenvalue weighted by Gasteiger charge is -2.20. The zero-order valence-corrected chi connectivity index (χ0v) is 21.5. The fourth-order valence-electron chi connectivity index (χ4n) is 4.24. The van der Waals surface area contributed by atoms with Crippen molar-refractivity contribution in [3.63, 3.8) is 0 Å². The second-order valence-electron chi connectivity index (χ2n) is 8.55. The molecular formula is C28H26N2O6S. The minimum atomic E-state index is -0.975. The Balaban J connectivity index is 1.61.